The number of carboxylic acid groups (broad SMARTS) is 2. The van der Waals surface area contributed by atoms with Crippen LogP contribution in [-0.4, -0.2) is 32.4 Å². The summed E-state index contributed by atoms with van der Waals surface area (Å²) in [4.78, 5) is 27.0. The minimum Gasteiger partial charge on any atom is -0.481 e. The molecule has 0 aliphatic rings. The van der Waals surface area contributed by atoms with Gasteiger partial charge in [-0.1, -0.05) is 18.2 Å². The molecule has 0 aliphatic heterocycles. The lowest BCUT2D eigenvalue weighted by Crippen LogP contribution is -2.20. The number of thioether (sulfide) groups is 1. The third-order valence-electron chi connectivity index (χ3n) is 2.71. The van der Waals surface area contributed by atoms with Crippen molar-refractivity contribution in [2.75, 3.05) is 0 Å². The van der Waals surface area contributed by atoms with E-state index in [1.54, 1.807) is 6.07 Å². The topological polar surface area (TPSA) is 87.5 Å². The molecule has 0 radical (unpaired) electrons. The van der Waals surface area contributed by atoms with Crippen molar-refractivity contribution in [1.29, 1.82) is 0 Å². The number of carboxylic acids is 2. The molecule has 0 saturated heterocycles. The first-order chi connectivity index (χ1) is 9.47. The third-order valence-corrected chi connectivity index (χ3v) is 3.96. The largest absolute Gasteiger partial charge is 0.481 e. The number of benzene rings is 1. The summed E-state index contributed by atoms with van der Waals surface area (Å²) in [7, 11) is 0. The Labute approximate surface area is 119 Å². The van der Waals surface area contributed by atoms with Gasteiger partial charge in [-0.2, -0.15) is 0 Å². The quantitative estimate of drug-likeness (QED) is 0.823. The Balaban J connectivity index is 2.41. The number of para-hydroxylation sites is 1. The predicted octanol–water partition coefficient (Wildman–Crippen LogP) is 2.56. The summed E-state index contributed by atoms with van der Waals surface area (Å²) in [6.45, 7) is 1.82. The Bertz CT molecular complexity index is 671. The Kier molecular flexibility index (Phi) is 4.24. The molecule has 0 saturated carbocycles. The number of aromatic nitrogens is 1. The fraction of sp³-hybridized carbons (Fsp3) is 0.214. The van der Waals surface area contributed by atoms with Crippen molar-refractivity contribution in [2.45, 2.75) is 23.5 Å². The molecule has 20 heavy (non-hydrogen) atoms. The number of hydrogen-bond donors (Lipinski definition) is 2. The zero-order valence-corrected chi connectivity index (χ0v) is 11.6. The Morgan fingerprint density at radius 2 is 2.00 bits per heavy atom. The third kappa shape index (κ3) is 3.27. The summed E-state index contributed by atoms with van der Waals surface area (Å²) in [5.74, 6) is -2.25. The molecule has 0 fully saturated rings. The van der Waals surface area contributed by atoms with Gasteiger partial charge in [0.05, 0.1) is 11.9 Å². The van der Waals surface area contributed by atoms with Crippen molar-refractivity contribution in [1.82, 2.24) is 4.98 Å². The van der Waals surface area contributed by atoms with E-state index in [9.17, 15) is 9.59 Å². The van der Waals surface area contributed by atoms with Gasteiger partial charge in [0.25, 0.3) is 0 Å². The average molecular weight is 291 g/mol. The van der Waals surface area contributed by atoms with Crippen LogP contribution in [0.4, 0.5) is 0 Å². The monoisotopic (exact) mass is 291 g/mol. The molecule has 0 amide bonds. The van der Waals surface area contributed by atoms with Crippen LogP contribution in [0.1, 0.15) is 12.1 Å². The van der Waals surface area contributed by atoms with Crippen molar-refractivity contribution >= 4 is 34.6 Å². The van der Waals surface area contributed by atoms with Crippen LogP contribution in [-0.2, 0) is 9.59 Å². The predicted molar refractivity (Wildman–Crippen MR) is 76.0 cm³/mol. The van der Waals surface area contributed by atoms with Gasteiger partial charge in [-0.15, -0.1) is 11.8 Å². The number of aryl methyl sites for hydroxylation is 1. The van der Waals surface area contributed by atoms with Gasteiger partial charge in [-0.3, -0.25) is 14.6 Å². The number of aliphatic carboxylic acids is 2. The van der Waals surface area contributed by atoms with Crippen LogP contribution in [0, 0.1) is 6.92 Å². The summed E-state index contributed by atoms with van der Waals surface area (Å²) < 4.78 is 0. The molecule has 0 aliphatic carbocycles. The van der Waals surface area contributed by atoms with Crippen LogP contribution in [0.3, 0.4) is 0 Å². The zero-order valence-electron chi connectivity index (χ0n) is 10.7. The molecule has 104 valence electrons. The van der Waals surface area contributed by atoms with E-state index >= 15 is 0 Å². The van der Waals surface area contributed by atoms with Crippen molar-refractivity contribution < 1.29 is 19.8 Å². The molecule has 5 nitrogen and oxygen atoms in total. The lowest BCUT2D eigenvalue weighted by atomic mass is 10.2. The SMILES string of the molecule is Cc1cc(SC(CC(=O)O)C(=O)O)c2ccccc2n1. The van der Waals surface area contributed by atoms with Gasteiger partial charge < -0.3 is 10.2 Å². The molecular formula is C14H13NO4S. The van der Waals surface area contributed by atoms with E-state index in [4.69, 9.17) is 10.2 Å². The molecule has 0 bridgehead atoms. The number of fused-ring (bicyclic) bond motifs is 1. The molecular weight excluding hydrogens is 278 g/mol. The number of rotatable bonds is 5. The lowest BCUT2D eigenvalue weighted by molar-refractivity contribution is -0.142. The average Bonchev–Trinajstić information content (AvgIpc) is 2.37. The second-order valence-corrected chi connectivity index (χ2v) is 5.57. The Morgan fingerprint density at radius 3 is 2.65 bits per heavy atom. The van der Waals surface area contributed by atoms with Crippen molar-refractivity contribution in [3.63, 3.8) is 0 Å². The van der Waals surface area contributed by atoms with E-state index in [2.05, 4.69) is 4.98 Å². The van der Waals surface area contributed by atoms with Crippen LogP contribution < -0.4 is 0 Å². The van der Waals surface area contributed by atoms with Crippen LogP contribution in [0.5, 0.6) is 0 Å². The molecule has 2 rings (SSSR count). The van der Waals surface area contributed by atoms with Gasteiger partial charge in [-0.25, -0.2) is 0 Å². The summed E-state index contributed by atoms with van der Waals surface area (Å²) in [6, 6.07) is 9.18. The lowest BCUT2D eigenvalue weighted by Gasteiger charge is -2.12. The van der Waals surface area contributed by atoms with Gasteiger partial charge in [-0.05, 0) is 19.1 Å². The highest BCUT2D eigenvalue weighted by Gasteiger charge is 2.23. The fourth-order valence-electron chi connectivity index (χ4n) is 1.86. The van der Waals surface area contributed by atoms with E-state index in [0.717, 1.165) is 33.3 Å². The van der Waals surface area contributed by atoms with Gasteiger partial charge in [0, 0.05) is 16.0 Å². The van der Waals surface area contributed by atoms with E-state index in [1.807, 2.05) is 31.2 Å². The zero-order chi connectivity index (χ0) is 14.7. The first-order valence-electron chi connectivity index (χ1n) is 5.95. The second-order valence-electron chi connectivity index (χ2n) is 4.32. The molecule has 2 N–H and O–H groups in total. The highest BCUT2D eigenvalue weighted by atomic mass is 32.2. The number of pyridine rings is 1. The van der Waals surface area contributed by atoms with Crippen molar-refractivity contribution in [3.05, 3.63) is 36.0 Å². The maximum Gasteiger partial charge on any atom is 0.317 e. The van der Waals surface area contributed by atoms with Crippen LogP contribution in [0.2, 0.25) is 0 Å². The van der Waals surface area contributed by atoms with Crippen LogP contribution >= 0.6 is 11.8 Å². The molecule has 0 spiro atoms. The summed E-state index contributed by atoms with van der Waals surface area (Å²) in [5, 5.41) is 17.7. The van der Waals surface area contributed by atoms with Crippen LogP contribution in [0.15, 0.2) is 35.2 Å². The van der Waals surface area contributed by atoms with E-state index in [-0.39, 0.29) is 0 Å². The minimum atomic E-state index is -1.13. The normalized spacial score (nSPS) is 12.2. The van der Waals surface area contributed by atoms with Crippen molar-refractivity contribution in [3.8, 4) is 0 Å². The first-order valence-corrected chi connectivity index (χ1v) is 6.83. The fourth-order valence-corrected chi connectivity index (χ4v) is 3.03. The number of carbonyl (C=O) groups is 2. The van der Waals surface area contributed by atoms with E-state index in [1.165, 1.54) is 0 Å². The van der Waals surface area contributed by atoms with Crippen LogP contribution in [0.25, 0.3) is 10.9 Å². The summed E-state index contributed by atoms with van der Waals surface area (Å²) in [6.07, 6.45) is -0.421. The molecule has 2 aromatic rings. The summed E-state index contributed by atoms with van der Waals surface area (Å²) >= 11 is 1.05. The number of hydrogen-bond acceptors (Lipinski definition) is 4. The van der Waals surface area contributed by atoms with Crippen molar-refractivity contribution in [2.24, 2.45) is 0 Å². The van der Waals surface area contributed by atoms with Gasteiger partial charge in [0.15, 0.2) is 0 Å². The maximum atomic E-state index is 11.2. The van der Waals surface area contributed by atoms with Gasteiger partial charge in [0.1, 0.15) is 5.25 Å². The Hall–Kier alpha value is -2.08. The molecule has 1 unspecified atom stereocenters. The summed E-state index contributed by atoms with van der Waals surface area (Å²) in [5.41, 5.74) is 1.54. The molecule has 1 heterocycles. The maximum absolute atomic E-state index is 11.2. The number of nitrogens with zero attached hydrogens (tertiary/aromatic N) is 1. The smallest absolute Gasteiger partial charge is 0.317 e. The van der Waals surface area contributed by atoms with Gasteiger partial charge in [0.2, 0.25) is 0 Å². The molecule has 1 aromatic heterocycles. The molecule has 1 atom stereocenters. The first kappa shape index (κ1) is 14.3. The Morgan fingerprint density at radius 1 is 1.30 bits per heavy atom. The van der Waals surface area contributed by atoms with Gasteiger partial charge >= 0.3 is 11.9 Å². The highest BCUT2D eigenvalue weighted by Crippen LogP contribution is 2.32. The van der Waals surface area contributed by atoms with E-state index < -0.39 is 23.6 Å². The highest BCUT2D eigenvalue weighted by molar-refractivity contribution is 8.00. The van der Waals surface area contributed by atoms with E-state index in [0.29, 0.717) is 0 Å². The second kappa shape index (κ2) is 5.92. The molecule has 6 heteroatoms. The standard InChI is InChI=1S/C14H13NO4S/c1-8-6-11(9-4-2-3-5-10(9)15-8)20-12(14(18)19)7-13(16)17/h2-6,12H,7H2,1H3,(H,16,17)(H,18,19). The molecule has 1 aromatic carbocycles. The minimum absolute atomic E-state index is 0.421.